The third-order valence-corrected chi connectivity index (χ3v) is 6.02. The molecule has 2 aliphatic heterocycles. The van der Waals surface area contributed by atoms with Gasteiger partial charge in [0.1, 0.15) is 0 Å². The molecule has 1 atom stereocenters. The van der Waals surface area contributed by atoms with Crippen LogP contribution in [-0.4, -0.2) is 46.9 Å². The predicted molar refractivity (Wildman–Crippen MR) is 107 cm³/mol. The first-order chi connectivity index (χ1) is 13.1. The van der Waals surface area contributed by atoms with Crippen molar-refractivity contribution in [3.63, 3.8) is 0 Å². The number of nitrogens with zero attached hydrogens (tertiary/aromatic N) is 3. The minimum atomic E-state index is -0.0156. The second-order valence-corrected chi connectivity index (χ2v) is 7.97. The fraction of sp³-hybridized carbons (Fsp3) is 0.524. The molecule has 0 saturated carbocycles. The molecule has 2 N–H and O–H groups in total. The van der Waals surface area contributed by atoms with Crippen LogP contribution in [0.4, 0.5) is 10.5 Å². The molecule has 0 bridgehead atoms. The number of anilines is 1. The number of piperidine rings is 1. The zero-order chi connectivity index (χ0) is 18.8. The van der Waals surface area contributed by atoms with Crippen LogP contribution in [-0.2, 0) is 0 Å². The van der Waals surface area contributed by atoms with Crippen LogP contribution in [0.25, 0.3) is 5.69 Å². The summed E-state index contributed by atoms with van der Waals surface area (Å²) in [6.07, 6.45) is 7.11. The molecule has 3 heterocycles. The molecule has 6 heteroatoms. The number of hydrogen-bond donors (Lipinski definition) is 2. The van der Waals surface area contributed by atoms with Crippen molar-refractivity contribution in [3.05, 3.63) is 41.7 Å². The van der Waals surface area contributed by atoms with Gasteiger partial charge in [0, 0.05) is 13.1 Å². The molecular weight excluding hydrogens is 338 g/mol. The number of likely N-dealkylation sites (tertiary alicyclic amines) is 1. The number of aryl methyl sites for hydroxylation is 2. The number of carbonyl (C=O) groups excluding carboxylic acids is 1. The van der Waals surface area contributed by atoms with Crippen LogP contribution in [0.2, 0.25) is 0 Å². The van der Waals surface area contributed by atoms with Crippen LogP contribution in [0, 0.1) is 25.7 Å². The van der Waals surface area contributed by atoms with Gasteiger partial charge in [-0.2, -0.15) is 5.10 Å². The van der Waals surface area contributed by atoms with Crippen molar-refractivity contribution >= 4 is 11.7 Å². The lowest BCUT2D eigenvalue weighted by atomic mass is 9.84. The molecule has 2 amide bonds. The van der Waals surface area contributed by atoms with Crippen LogP contribution in [0.1, 0.15) is 30.4 Å². The van der Waals surface area contributed by atoms with E-state index in [1.165, 1.54) is 17.5 Å². The van der Waals surface area contributed by atoms with Crippen molar-refractivity contribution in [3.8, 4) is 5.69 Å². The molecule has 1 aromatic heterocycles. The molecule has 4 rings (SSSR count). The maximum Gasteiger partial charge on any atom is 0.321 e. The van der Waals surface area contributed by atoms with E-state index < -0.39 is 0 Å². The van der Waals surface area contributed by atoms with Gasteiger partial charge in [-0.1, -0.05) is 17.7 Å². The Labute approximate surface area is 160 Å². The summed E-state index contributed by atoms with van der Waals surface area (Å²) in [5.41, 5.74) is 4.17. The standard InChI is InChI=1S/C21H29N5O/c1-15-3-4-20(16(2)11-15)26-14-19(13-23-26)24-21(27)25-9-6-17(7-10-25)18-5-8-22-12-18/h3-4,11,13-14,17-18,22H,5-10,12H2,1-2H3,(H,24,27). The van der Waals surface area contributed by atoms with E-state index in [4.69, 9.17) is 0 Å². The molecule has 1 aromatic carbocycles. The third kappa shape index (κ3) is 4.00. The topological polar surface area (TPSA) is 62.2 Å². The van der Waals surface area contributed by atoms with Gasteiger partial charge in [-0.25, -0.2) is 9.48 Å². The Morgan fingerprint density at radius 1 is 1.19 bits per heavy atom. The average Bonchev–Trinajstić information content (AvgIpc) is 3.34. The number of aromatic nitrogens is 2. The van der Waals surface area contributed by atoms with E-state index >= 15 is 0 Å². The lowest BCUT2D eigenvalue weighted by molar-refractivity contribution is 0.163. The van der Waals surface area contributed by atoms with Crippen molar-refractivity contribution in [1.29, 1.82) is 0 Å². The predicted octanol–water partition coefficient (Wildman–Crippen LogP) is 3.34. The zero-order valence-electron chi connectivity index (χ0n) is 16.2. The minimum absolute atomic E-state index is 0.0156. The summed E-state index contributed by atoms with van der Waals surface area (Å²) < 4.78 is 1.82. The van der Waals surface area contributed by atoms with Gasteiger partial charge in [0.15, 0.2) is 0 Å². The molecule has 2 saturated heterocycles. The highest BCUT2D eigenvalue weighted by Crippen LogP contribution is 2.29. The normalized spacial score (nSPS) is 20.8. The van der Waals surface area contributed by atoms with Crippen LogP contribution < -0.4 is 10.6 Å². The highest BCUT2D eigenvalue weighted by molar-refractivity contribution is 5.89. The second kappa shape index (κ2) is 7.72. The quantitative estimate of drug-likeness (QED) is 0.875. The van der Waals surface area contributed by atoms with Crippen LogP contribution in [0.3, 0.4) is 0 Å². The van der Waals surface area contributed by atoms with Gasteiger partial charge in [-0.05, 0) is 69.7 Å². The fourth-order valence-electron chi connectivity index (χ4n) is 4.44. The van der Waals surface area contributed by atoms with Crippen molar-refractivity contribution in [2.45, 2.75) is 33.1 Å². The van der Waals surface area contributed by atoms with Crippen LogP contribution in [0.5, 0.6) is 0 Å². The van der Waals surface area contributed by atoms with E-state index in [1.54, 1.807) is 6.20 Å². The van der Waals surface area contributed by atoms with E-state index in [0.717, 1.165) is 62.2 Å². The van der Waals surface area contributed by atoms with Gasteiger partial charge < -0.3 is 15.5 Å². The highest BCUT2D eigenvalue weighted by Gasteiger charge is 2.30. The summed E-state index contributed by atoms with van der Waals surface area (Å²) in [7, 11) is 0. The Hall–Kier alpha value is -2.34. The monoisotopic (exact) mass is 367 g/mol. The van der Waals surface area contributed by atoms with Crippen molar-refractivity contribution in [1.82, 2.24) is 20.0 Å². The van der Waals surface area contributed by atoms with Crippen molar-refractivity contribution in [2.24, 2.45) is 11.8 Å². The van der Waals surface area contributed by atoms with E-state index in [1.807, 2.05) is 15.8 Å². The number of amides is 2. The third-order valence-electron chi connectivity index (χ3n) is 6.02. The second-order valence-electron chi connectivity index (χ2n) is 7.97. The first kappa shape index (κ1) is 18.0. The Morgan fingerprint density at radius 3 is 2.70 bits per heavy atom. The lowest BCUT2D eigenvalue weighted by Gasteiger charge is -2.34. The molecule has 2 fully saturated rings. The summed E-state index contributed by atoms with van der Waals surface area (Å²) in [5.74, 6) is 1.56. The van der Waals surface area contributed by atoms with Gasteiger partial charge in [0.2, 0.25) is 0 Å². The van der Waals surface area contributed by atoms with E-state index in [-0.39, 0.29) is 6.03 Å². The molecule has 0 radical (unpaired) electrons. The van der Waals surface area contributed by atoms with Gasteiger partial charge >= 0.3 is 6.03 Å². The Balaban J connectivity index is 1.34. The summed E-state index contributed by atoms with van der Waals surface area (Å²) in [6.45, 7) is 8.14. The Kier molecular flexibility index (Phi) is 5.16. The first-order valence-electron chi connectivity index (χ1n) is 9.99. The maximum absolute atomic E-state index is 12.6. The smallest absolute Gasteiger partial charge is 0.321 e. The van der Waals surface area contributed by atoms with E-state index in [2.05, 4.69) is 47.8 Å². The number of nitrogens with one attached hydrogen (secondary N) is 2. The molecule has 2 aliphatic rings. The molecule has 6 nitrogen and oxygen atoms in total. The number of rotatable bonds is 3. The maximum atomic E-state index is 12.6. The first-order valence-corrected chi connectivity index (χ1v) is 9.99. The van der Waals surface area contributed by atoms with Gasteiger partial charge in [0.05, 0.1) is 23.8 Å². The molecular formula is C21H29N5O. The molecule has 0 aliphatic carbocycles. The zero-order valence-corrected chi connectivity index (χ0v) is 16.2. The molecule has 0 spiro atoms. The van der Waals surface area contributed by atoms with E-state index in [9.17, 15) is 4.79 Å². The van der Waals surface area contributed by atoms with Crippen molar-refractivity contribution < 1.29 is 4.79 Å². The summed E-state index contributed by atoms with van der Waals surface area (Å²) in [5, 5.41) is 10.9. The number of carbonyl (C=O) groups is 1. The number of hydrogen-bond acceptors (Lipinski definition) is 3. The largest absolute Gasteiger partial charge is 0.325 e. The Morgan fingerprint density at radius 2 is 2.00 bits per heavy atom. The van der Waals surface area contributed by atoms with Gasteiger partial charge in [-0.15, -0.1) is 0 Å². The van der Waals surface area contributed by atoms with E-state index in [0.29, 0.717) is 0 Å². The minimum Gasteiger partial charge on any atom is -0.325 e. The highest BCUT2D eigenvalue weighted by atomic mass is 16.2. The fourth-order valence-corrected chi connectivity index (χ4v) is 4.44. The lowest BCUT2D eigenvalue weighted by Crippen LogP contribution is -2.42. The molecule has 144 valence electrons. The molecule has 1 unspecified atom stereocenters. The average molecular weight is 367 g/mol. The van der Waals surface area contributed by atoms with Crippen LogP contribution >= 0.6 is 0 Å². The number of urea groups is 1. The summed E-state index contributed by atoms with van der Waals surface area (Å²) >= 11 is 0. The SMILES string of the molecule is Cc1ccc(-n2cc(NC(=O)N3CCC(C4CCNC4)CC3)cn2)c(C)c1. The van der Waals surface area contributed by atoms with Gasteiger partial charge in [-0.3, -0.25) is 0 Å². The summed E-state index contributed by atoms with van der Waals surface area (Å²) in [6, 6.07) is 6.26. The van der Waals surface area contributed by atoms with Crippen LogP contribution in [0.15, 0.2) is 30.6 Å². The summed E-state index contributed by atoms with van der Waals surface area (Å²) in [4.78, 5) is 14.6. The Bertz CT molecular complexity index is 801. The number of benzene rings is 1. The van der Waals surface area contributed by atoms with Gasteiger partial charge in [0.25, 0.3) is 0 Å². The molecule has 2 aromatic rings. The van der Waals surface area contributed by atoms with Crippen molar-refractivity contribution in [2.75, 3.05) is 31.5 Å². The molecule has 27 heavy (non-hydrogen) atoms.